The van der Waals surface area contributed by atoms with Crippen LogP contribution in [-0.4, -0.2) is 0 Å². The predicted molar refractivity (Wildman–Crippen MR) is 249 cm³/mol. The average Bonchev–Trinajstić information content (AvgIpc) is 3.68. The quantitative estimate of drug-likeness (QED) is 0.151. The van der Waals surface area contributed by atoms with Gasteiger partial charge in [-0.15, -0.1) is 0 Å². The zero-order valence-electron chi connectivity index (χ0n) is 32.5. The zero-order valence-corrected chi connectivity index (χ0v) is 32.5. The first-order valence-corrected chi connectivity index (χ1v) is 20.3. The van der Waals surface area contributed by atoms with E-state index < -0.39 is 0 Å². The first-order valence-electron chi connectivity index (χ1n) is 20.3. The zero-order chi connectivity index (χ0) is 39.6. The van der Waals surface area contributed by atoms with E-state index in [2.05, 4.69) is 216 Å². The highest BCUT2D eigenvalue weighted by atomic mass is 16.5. The highest BCUT2D eigenvalue weighted by molar-refractivity contribution is 6.18. The molecule has 10 aromatic carbocycles. The second kappa shape index (κ2) is 13.8. The van der Waals surface area contributed by atoms with Crippen molar-refractivity contribution in [2.45, 2.75) is 0 Å². The molecule has 0 spiro atoms. The van der Waals surface area contributed by atoms with Crippen molar-refractivity contribution in [3.63, 3.8) is 0 Å². The maximum atomic E-state index is 6.91. The van der Waals surface area contributed by atoms with Gasteiger partial charge in [-0.2, -0.15) is 0 Å². The van der Waals surface area contributed by atoms with E-state index in [0.717, 1.165) is 100 Å². The number of para-hydroxylation sites is 4. The minimum Gasteiger partial charge on any atom is -0.456 e. The second-order valence-electron chi connectivity index (χ2n) is 15.3. The Morgan fingerprint density at radius 3 is 1.78 bits per heavy atom. The van der Waals surface area contributed by atoms with Crippen molar-refractivity contribution in [2.75, 3.05) is 9.80 Å². The number of furan rings is 1. The van der Waals surface area contributed by atoms with Crippen LogP contribution >= 0.6 is 0 Å². The van der Waals surface area contributed by atoms with Crippen LogP contribution in [0.3, 0.4) is 0 Å². The number of hydrogen-bond donors (Lipinski definition) is 0. The topological polar surface area (TPSA) is 28.9 Å². The molecule has 11 aromatic rings. The molecule has 0 N–H and O–H groups in total. The van der Waals surface area contributed by atoms with Crippen LogP contribution in [0.4, 0.5) is 34.1 Å². The van der Waals surface area contributed by atoms with Crippen LogP contribution in [0.2, 0.25) is 0 Å². The fourth-order valence-corrected chi connectivity index (χ4v) is 9.09. The fraction of sp³-hybridized carbons (Fsp3) is 0. The Labute approximate surface area is 347 Å². The van der Waals surface area contributed by atoms with Crippen LogP contribution in [-0.2, 0) is 0 Å². The van der Waals surface area contributed by atoms with E-state index in [-0.39, 0.29) is 0 Å². The SMILES string of the molecule is c1ccc(-c2ccccc2N(c2ccccc2)c2ccc3c(c2)Oc2cccc4c2c-3cc2ccc(N(c3ccccc3)c3ccc5c(c3)oc3ccccc35)cc24)cc1. The maximum absolute atomic E-state index is 6.91. The van der Waals surface area contributed by atoms with Gasteiger partial charge >= 0.3 is 0 Å². The van der Waals surface area contributed by atoms with Crippen LogP contribution in [0, 0.1) is 0 Å². The highest BCUT2D eigenvalue weighted by Gasteiger charge is 2.25. The van der Waals surface area contributed by atoms with Gasteiger partial charge in [-0.05, 0) is 112 Å². The maximum Gasteiger partial charge on any atom is 0.137 e. The number of benzene rings is 10. The van der Waals surface area contributed by atoms with Crippen molar-refractivity contribution in [3.05, 3.63) is 218 Å². The van der Waals surface area contributed by atoms with Crippen molar-refractivity contribution >= 4 is 77.6 Å². The number of anilines is 6. The van der Waals surface area contributed by atoms with Gasteiger partial charge in [0.25, 0.3) is 0 Å². The van der Waals surface area contributed by atoms with Gasteiger partial charge in [-0.25, -0.2) is 0 Å². The summed E-state index contributed by atoms with van der Waals surface area (Å²) in [7, 11) is 0. The summed E-state index contributed by atoms with van der Waals surface area (Å²) in [6, 6.07) is 77.3. The molecule has 4 heteroatoms. The van der Waals surface area contributed by atoms with Crippen molar-refractivity contribution in [1.82, 2.24) is 0 Å². The van der Waals surface area contributed by atoms with Crippen molar-refractivity contribution in [1.29, 1.82) is 0 Å². The molecular weight excluding hydrogens is 733 g/mol. The largest absolute Gasteiger partial charge is 0.456 e. The third-order valence-electron chi connectivity index (χ3n) is 11.8. The van der Waals surface area contributed by atoms with E-state index in [1.165, 1.54) is 10.9 Å². The normalized spacial score (nSPS) is 11.8. The van der Waals surface area contributed by atoms with Crippen molar-refractivity contribution in [2.24, 2.45) is 0 Å². The van der Waals surface area contributed by atoms with E-state index in [0.29, 0.717) is 0 Å². The van der Waals surface area contributed by atoms with Crippen LogP contribution in [0.1, 0.15) is 0 Å². The molecule has 0 amide bonds. The molecule has 0 unspecified atom stereocenters. The molecule has 0 aliphatic carbocycles. The van der Waals surface area contributed by atoms with E-state index in [4.69, 9.17) is 9.15 Å². The van der Waals surface area contributed by atoms with Crippen molar-refractivity contribution in [3.8, 4) is 33.8 Å². The van der Waals surface area contributed by atoms with Gasteiger partial charge in [0.05, 0.1) is 5.69 Å². The van der Waals surface area contributed by atoms with Gasteiger partial charge < -0.3 is 19.0 Å². The molecule has 2 heterocycles. The van der Waals surface area contributed by atoms with Gasteiger partial charge in [0.15, 0.2) is 0 Å². The summed E-state index contributed by atoms with van der Waals surface area (Å²) >= 11 is 0. The van der Waals surface area contributed by atoms with Gasteiger partial charge in [-0.3, -0.25) is 0 Å². The Bertz CT molecular complexity index is 3410. The Kier molecular flexibility index (Phi) is 7.82. The number of fused-ring (bicyclic) bond motifs is 7. The monoisotopic (exact) mass is 768 g/mol. The minimum atomic E-state index is 0.831. The molecule has 0 saturated carbocycles. The lowest BCUT2D eigenvalue weighted by Gasteiger charge is -2.30. The molecule has 0 atom stereocenters. The van der Waals surface area contributed by atoms with Gasteiger partial charge in [0, 0.05) is 67.9 Å². The first-order chi connectivity index (χ1) is 29.7. The molecule has 1 aliphatic heterocycles. The molecule has 12 rings (SSSR count). The first kappa shape index (κ1) is 34.0. The van der Waals surface area contributed by atoms with Crippen LogP contribution < -0.4 is 14.5 Å². The lowest BCUT2D eigenvalue weighted by atomic mass is 9.90. The molecule has 0 saturated heterocycles. The minimum absolute atomic E-state index is 0.831. The summed E-state index contributed by atoms with van der Waals surface area (Å²) in [5, 5.41) is 6.83. The summed E-state index contributed by atoms with van der Waals surface area (Å²) in [5.41, 5.74) is 12.7. The Morgan fingerprint density at radius 2 is 0.950 bits per heavy atom. The van der Waals surface area contributed by atoms with E-state index in [1.807, 2.05) is 12.1 Å². The molecule has 1 aliphatic rings. The standard InChI is InChI=1S/C56H36N2O2/c1-4-15-37(16-5-1)44-21-10-12-24-51(44)58(40-19-8-3-9-20-40)43-30-32-47-50-33-38-27-28-41(34-49(38)48-23-14-26-53(56(48)50)60-55(47)36-43)57(39-17-6-2-7-18-39)42-29-31-46-45-22-11-13-25-52(45)59-54(46)35-42/h1-36H. The van der Waals surface area contributed by atoms with Gasteiger partial charge in [-0.1, -0.05) is 121 Å². The Balaban J connectivity index is 0.991. The molecule has 0 fully saturated rings. The molecule has 1 aromatic heterocycles. The summed E-state index contributed by atoms with van der Waals surface area (Å²) in [4.78, 5) is 4.64. The van der Waals surface area contributed by atoms with Crippen LogP contribution in [0.15, 0.2) is 223 Å². The average molecular weight is 769 g/mol. The van der Waals surface area contributed by atoms with E-state index >= 15 is 0 Å². The molecule has 0 radical (unpaired) electrons. The molecule has 60 heavy (non-hydrogen) atoms. The molecule has 0 bridgehead atoms. The smallest absolute Gasteiger partial charge is 0.137 e. The van der Waals surface area contributed by atoms with Gasteiger partial charge in [0.2, 0.25) is 0 Å². The Morgan fingerprint density at radius 1 is 0.317 bits per heavy atom. The number of ether oxygens (including phenoxy) is 1. The summed E-state index contributed by atoms with van der Waals surface area (Å²) in [6.45, 7) is 0. The lowest BCUT2D eigenvalue weighted by Crippen LogP contribution is -2.11. The van der Waals surface area contributed by atoms with Crippen LogP contribution in [0.5, 0.6) is 11.5 Å². The molecular formula is C56H36N2O2. The summed E-state index contributed by atoms with van der Waals surface area (Å²) in [6.07, 6.45) is 0. The summed E-state index contributed by atoms with van der Waals surface area (Å²) < 4.78 is 13.3. The second-order valence-corrected chi connectivity index (χ2v) is 15.3. The number of hydrogen-bond acceptors (Lipinski definition) is 4. The predicted octanol–water partition coefficient (Wildman–Crippen LogP) is 16.3. The van der Waals surface area contributed by atoms with E-state index in [9.17, 15) is 0 Å². The van der Waals surface area contributed by atoms with Crippen molar-refractivity contribution < 1.29 is 9.15 Å². The Hall–Kier alpha value is -8.08. The highest BCUT2D eigenvalue weighted by Crippen LogP contribution is 2.52. The number of rotatable bonds is 7. The fourth-order valence-electron chi connectivity index (χ4n) is 9.09. The summed E-state index contributed by atoms with van der Waals surface area (Å²) in [5.74, 6) is 1.68. The third kappa shape index (κ3) is 5.53. The molecule has 4 nitrogen and oxygen atoms in total. The van der Waals surface area contributed by atoms with Gasteiger partial charge in [0.1, 0.15) is 22.7 Å². The van der Waals surface area contributed by atoms with Crippen LogP contribution in [0.25, 0.3) is 65.7 Å². The third-order valence-corrected chi connectivity index (χ3v) is 11.8. The lowest BCUT2D eigenvalue weighted by molar-refractivity contribution is 0.487. The van der Waals surface area contributed by atoms with E-state index in [1.54, 1.807) is 0 Å². The molecule has 282 valence electrons. The number of nitrogens with zero attached hydrogens (tertiary/aromatic N) is 2.